The molecule has 4 rings (SSSR count). The zero-order chi connectivity index (χ0) is 19.0. The smallest absolute Gasteiger partial charge is 0.308 e. The second kappa shape index (κ2) is 5.52. The number of esters is 1. The fourth-order valence-electron chi connectivity index (χ4n) is 6.82. The Morgan fingerprint density at radius 1 is 1.15 bits per heavy atom. The molecule has 146 valence electrons. The molecule has 0 aromatic rings. The lowest BCUT2D eigenvalue weighted by atomic mass is 9.43. The summed E-state index contributed by atoms with van der Waals surface area (Å²) in [5, 5.41) is 20.9. The first kappa shape index (κ1) is 18.4. The molecule has 2 saturated heterocycles. The summed E-state index contributed by atoms with van der Waals surface area (Å²) in [4.78, 5) is 24.9. The van der Waals surface area contributed by atoms with Gasteiger partial charge in [-0.1, -0.05) is 27.2 Å². The van der Waals surface area contributed by atoms with Crippen LogP contribution < -0.4 is 0 Å². The standard InChI is InChI=1S/C20H30O6/c1-12-14(23)15(24)16-17(2,10-21)5-4-6-18(16,3)20(12)8-7-19(26-20)9-13(22)25-11-19/h12,14,16,21,23H,4-11H2,1-3H3/t12-,14-,16+,17-,18+,19-,20-/m1/s1. The normalized spacial score (nSPS) is 54.0. The van der Waals surface area contributed by atoms with E-state index in [0.717, 1.165) is 19.3 Å². The number of hydrogen-bond donors (Lipinski definition) is 2. The lowest BCUT2D eigenvalue weighted by Gasteiger charge is -2.63. The number of carbonyl (C=O) groups is 2. The highest BCUT2D eigenvalue weighted by Gasteiger charge is 2.72. The average Bonchev–Trinajstić information content (AvgIpc) is 3.16. The molecular weight excluding hydrogens is 336 g/mol. The summed E-state index contributed by atoms with van der Waals surface area (Å²) in [6.07, 6.45) is 3.02. The van der Waals surface area contributed by atoms with Crippen LogP contribution in [0.5, 0.6) is 0 Å². The molecule has 0 aromatic heterocycles. The zero-order valence-electron chi connectivity index (χ0n) is 15.9. The Kier molecular flexibility index (Phi) is 3.90. The third-order valence-electron chi connectivity index (χ3n) is 8.20. The highest BCUT2D eigenvalue weighted by molar-refractivity contribution is 5.89. The van der Waals surface area contributed by atoms with Gasteiger partial charge in [-0.05, 0) is 25.7 Å². The van der Waals surface area contributed by atoms with Gasteiger partial charge in [0.1, 0.15) is 18.3 Å². The van der Waals surface area contributed by atoms with Crippen LogP contribution in [0.1, 0.15) is 59.3 Å². The van der Waals surface area contributed by atoms with Crippen molar-refractivity contribution in [3.8, 4) is 0 Å². The minimum absolute atomic E-state index is 0.0804. The summed E-state index contributed by atoms with van der Waals surface area (Å²) in [5.74, 6) is -1.21. The number of aliphatic hydroxyl groups excluding tert-OH is 2. The predicted octanol–water partition coefficient (Wildman–Crippen LogP) is 1.61. The number of rotatable bonds is 1. The van der Waals surface area contributed by atoms with Crippen molar-refractivity contribution in [3.05, 3.63) is 0 Å². The Morgan fingerprint density at radius 3 is 2.50 bits per heavy atom. The molecule has 0 aromatic carbocycles. The van der Waals surface area contributed by atoms with Gasteiger partial charge in [0.2, 0.25) is 0 Å². The van der Waals surface area contributed by atoms with Gasteiger partial charge in [0.25, 0.3) is 0 Å². The van der Waals surface area contributed by atoms with Crippen molar-refractivity contribution < 1.29 is 29.3 Å². The van der Waals surface area contributed by atoms with Gasteiger partial charge < -0.3 is 19.7 Å². The molecule has 6 nitrogen and oxygen atoms in total. The number of Topliss-reactive ketones (excluding diaryl/α,β-unsaturated/α-hetero) is 1. The molecule has 2 aliphatic heterocycles. The maximum atomic E-state index is 13.2. The highest BCUT2D eigenvalue weighted by Crippen LogP contribution is 2.67. The van der Waals surface area contributed by atoms with Gasteiger partial charge >= 0.3 is 5.97 Å². The van der Waals surface area contributed by atoms with E-state index >= 15 is 0 Å². The van der Waals surface area contributed by atoms with E-state index in [2.05, 4.69) is 6.92 Å². The molecule has 2 aliphatic carbocycles. The van der Waals surface area contributed by atoms with E-state index in [1.165, 1.54) is 0 Å². The van der Waals surface area contributed by atoms with E-state index in [1.807, 2.05) is 13.8 Å². The molecule has 2 heterocycles. The second-order valence-corrected chi connectivity index (χ2v) is 9.66. The molecule has 2 N–H and O–H groups in total. The van der Waals surface area contributed by atoms with Crippen molar-refractivity contribution in [1.29, 1.82) is 0 Å². The molecular formula is C20H30O6. The highest BCUT2D eigenvalue weighted by atomic mass is 16.6. The molecule has 2 saturated carbocycles. The van der Waals surface area contributed by atoms with Crippen molar-refractivity contribution in [2.24, 2.45) is 22.7 Å². The predicted molar refractivity (Wildman–Crippen MR) is 92.2 cm³/mol. The van der Waals surface area contributed by atoms with E-state index in [1.54, 1.807) is 0 Å². The molecule has 0 unspecified atom stereocenters. The average molecular weight is 366 g/mol. The first-order valence-electron chi connectivity index (χ1n) is 9.82. The third kappa shape index (κ3) is 2.09. The van der Waals surface area contributed by atoms with E-state index in [9.17, 15) is 19.8 Å². The third-order valence-corrected chi connectivity index (χ3v) is 8.20. The zero-order valence-corrected chi connectivity index (χ0v) is 15.9. The molecule has 26 heavy (non-hydrogen) atoms. The quantitative estimate of drug-likeness (QED) is 0.685. The monoisotopic (exact) mass is 366 g/mol. The molecule has 0 radical (unpaired) electrons. The summed E-state index contributed by atoms with van der Waals surface area (Å²) < 4.78 is 11.9. The number of fused-ring (bicyclic) bond motifs is 2. The van der Waals surface area contributed by atoms with E-state index in [0.29, 0.717) is 12.8 Å². The van der Waals surface area contributed by atoms with Crippen molar-refractivity contribution in [2.45, 2.75) is 76.6 Å². The second-order valence-electron chi connectivity index (χ2n) is 9.66. The molecule has 4 fully saturated rings. The van der Waals surface area contributed by atoms with Crippen LogP contribution in [0.3, 0.4) is 0 Å². The minimum Gasteiger partial charge on any atom is -0.463 e. The van der Waals surface area contributed by atoms with Crippen LogP contribution in [-0.2, 0) is 19.1 Å². The van der Waals surface area contributed by atoms with Gasteiger partial charge in [0.05, 0.1) is 12.0 Å². The number of carbonyl (C=O) groups excluding carboxylic acids is 2. The number of hydrogen-bond acceptors (Lipinski definition) is 6. The number of ketones is 1. The molecule has 2 spiro atoms. The van der Waals surface area contributed by atoms with Crippen molar-refractivity contribution in [1.82, 2.24) is 0 Å². The van der Waals surface area contributed by atoms with Crippen LogP contribution >= 0.6 is 0 Å². The van der Waals surface area contributed by atoms with Gasteiger partial charge in [0.15, 0.2) is 5.78 Å². The summed E-state index contributed by atoms with van der Waals surface area (Å²) >= 11 is 0. The van der Waals surface area contributed by atoms with Gasteiger partial charge in [0, 0.05) is 29.3 Å². The molecule has 4 aliphatic rings. The van der Waals surface area contributed by atoms with Gasteiger partial charge in [-0.2, -0.15) is 0 Å². The van der Waals surface area contributed by atoms with Crippen molar-refractivity contribution in [2.75, 3.05) is 13.2 Å². The maximum Gasteiger partial charge on any atom is 0.308 e. The van der Waals surface area contributed by atoms with Crippen LogP contribution in [0.2, 0.25) is 0 Å². The Hall–Kier alpha value is -0.980. The molecule has 6 heteroatoms. The van der Waals surface area contributed by atoms with Crippen molar-refractivity contribution >= 4 is 11.8 Å². The van der Waals surface area contributed by atoms with Gasteiger partial charge in [-0.25, -0.2) is 0 Å². The maximum absolute atomic E-state index is 13.2. The molecule has 7 atom stereocenters. The van der Waals surface area contributed by atoms with Gasteiger partial charge in [-0.15, -0.1) is 0 Å². The molecule has 0 amide bonds. The largest absolute Gasteiger partial charge is 0.463 e. The topological polar surface area (TPSA) is 93.1 Å². The fourth-order valence-corrected chi connectivity index (χ4v) is 6.82. The number of ether oxygens (including phenoxy) is 2. The van der Waals surface area contributed by atoms with Crippen molar-refractivity contribution in [3.63, 3.8) is 0 Å². The number of cyclic esters (lactones) is 1. The van der Waals surface area contributed by atoms with E-state index < -0.39 is 34.1 Å². The lowest BCUT2D eigenvalue weighted by Crippen LogP contribution is -2.70. The first-order chi connectivity index (χ1) is 12.1. The van der Waals surface area contributed by atoms with Gasteiger partial charge in [-0.3, -0.25) is 9.59 Å². The van der Waals surface area contributed by atoms with Crippen LogP contribution in [0.25, 0.3) is 0 Å². The Bertz CT molecular complexity index is 648. The molecule has 0 bridgehead atoms. The number of aliphatic hydroxyl groups is 2. The van der Waals surface area contributed by atoms with E-state index in [4.69, 9.17) is 9.47 Å². The first-order valence-corrected chi connectivity index (χ1v) is 9.82. The van der Waals surface area contributed by atoms with Crippen LogP contribution in [0, 0.1) is 22.7 Å². The Labute approximate surface area is 154 Å². The summed E-state index contributed by atoms with van der Waals surface area (Å²) in [6, 6.07) is 0. The minimum atomic E-state index is -1.11. The van der Waals surface area contributed by atoms with Crippen LogP contribution in [-0.4, -0.2) is 52.5 Å². The SMILES string of the molecule is C[C@@H]1[C@@H](O)C(=O)[C@H]2[C@@](C)(CO)CCC[C@]2(C)[C@@]12CC[C@@]1(COC(=O)C1)O2. The Morgan fingerprint density at radius 2 is 1.88 bits per heavy atom. The van der Waals surface area contributed by atoms with Crippen LogP contribution in [0.15, 0.2) is 0 Å². The lowest BCUT2D eigenvalue weighted by molar-refractivity contribution is -0.259. The fraction of sp³-hybridized carbons (Fsp3) is 0.900. The summed E-state index contributed by atoms with van der Waals surface area (Å²) in [7, 11) is 0. The Balaban J connectivity index is 1.81. The summed E-state index contributed by atoms with van der Waals surface area (Å²) in [6.45, 7) is 6.12. The summed E-state index contributed by atoms with van der Waals surface area (Å²) in [5.41, 5.74) is -2.35. The van der Waals surface area contributed by atoms with E-state index in [-0.39, 0.29) is 37.3 Å². The van der Waals surface area contributed by atoms with Crippen LogP contribution in [0.4, 0.5) is 0 Å².